The van der Waals surface area contributed by atoms with Crippen LogP contribution in [0.25, 0.3) is 16.8 Å². The van der Waals surface area contributed by atoms with Crippen LogP contribution in [-0.2, 0) is 11.2 Å². The molecule has 0 bridgehead atoms. The van der Waals surface area contributed by atoms with Crippen LogP contribution in [0, 0.1) is 0 Å². The highest BCUT2D eigenvalue weighted by Crippen LogP contribution is 2.38. The molecule has 2 aromatic rings. The fraction of sp³-hybridized carbons (Fsp3) is 0.188. The van der Waals surface area contributed by atoms with Crippen LogP contribution in [0.15, 0.2) is 30.3 Å². The van der Waals surface area contributed by atoms with Crippen LogP contribution in [0.3, 0.4) is 0 Å². The molecule has 0 aliphatic rings. The molecule has 4 heteroatoms. The predicted octanol–water partition coefficient (Wildman–Crippen LogP) is 3.21. The number of aromatic hydroxyl groups is 1. The Morgan fingerprint density at radius 3 is 2.65 bits per heavy atom. The number of ether oxygens (including phenoxy) is 1. The first-order valence-electron chi connectivity index (χ1n) is 6.30. The summed E-state index contributed by atoms with van der Waals surface area (Å²) in [5.74, 6) is -0.614. The van der Waals surface area contributed by atoms with Crippen LogP contribution in [0.4, 0.5) is 0 Å². The third-order valence-electron chi connectivity index (χ3n) is 3.20. The van der Waals surface area contributed by atoms with Crippen LogP contribution in [0.5, 0.6) is 11.5 Å². The number of aryl methyl sites for hydroxylation is 1. The Bertz CT molecular complexity index is 686. The van der Waals surface area contributed by atoms with Gasteiger partial charge in [-0.3, -0.25) is 0 Å². The van der Waals surface area contributed by atoms with E-state index in [-0.39, 0.29) is 5.75 Å². The summed E-state index contributed by atoms with van der Waals surface area (Å²) in [6.07, 6.45) is 3.42. The first kappa shape index (κ1) is 13.9. The molecule has 4 nitrogen and oxygen atoms in total. The van der Waals surface area contributed by atoms with Crippen molar-refractivity contribution in [3.63, 3.8) is 0 Å². The maximum Gasteiger partial charge on any atom is 0.328 e. The Morgan fingerprint density at radius 2 is 2.05 bits per heavy atom. The molecule has 0 aliphatic carbocycles. The number of benzene rings is 2. The summed E-state index contributed by atoms with van der Waals surface area (Å²) in [4.78, 5) is 10.7. The molecular formula is C16H16O4. The Balaban J connectivity index is 2.74. The zero-order chi connectivity index (χ0) is 14.7. The van der Waals surface area contributed by atoms with E-state index in [0.717, 1.165) is 23.4 Å². The van der Waals surface area contributed by atoms with Crippen molar-refractivity contribution < 1.29 is 19.7 Å². The van der Waals surface area contributed by atoms with Crippen molar-refractivity contribution in [3.05, 3.63) is 41.5 Å². The van der Waals surface area contributed by atoms with Crippen LogP contribution < -0.4 is 4.74 Å². The van der Waals surface area contributed by atoms with Crippen LogP contribution in [0.1, 0.15) is 18.1 Å². The molecule has 0 atom stereocenters. The third kappa shape index (κ3) is 2.59. The molecule has 20 heavy (non-hydrogen) atoms. The number of fused-ring (bicyclic) bond motifs is 1. The SMILES string of the molecule is CCc1ccc2c(/C=C/C(=O)O)cc(OC)c(O)c2c1. The quantitative estimate of drug-likeness (QED) is 0.839. The maximum atomic E-state index is 10.7. The number of hydrogen-bond acceptors (Lipinski definition) is 3. The van der Waals surface area contributed by atoms with Crippen molar-refractivity contribution in [3.8, 4) is 11.5 Å². The summed E-state index contributed by atoms with van der Waals surface area (Å²) in [6.45, 7) is 2.03. The van der Waals surface area contributed by atoms with Crippen molar-refractivity contribution in [1.29, 1.82) is 0 Å². The van der Waals surface area contributed by atoms with E-state index in [0.29, 0.717) is 16.7 Å². The fourth-order valence-electron chi connectivity index (χ4n) is 2.13. The van der Waals surface area contributed by atoms with Gasteiger partial charge in [0.1, 0.15) is 0 Å². The van der Waals surface area contributed by atoms with Gasteiger partial charge in [0.15, 0.2) is 11.5 Å². The van der Waals surface area contributed by atoms with E-state index >= 15 is 0 Å². The molecule has 0 radical (unpaired) electrons. The van der Waals surface area contributed by atoms with E-state index < -0.39 is 5.97 Å². The number of phenols is 1. The molecule has 0 amide bonds. The van der Waals surface area contributed by atoms with Gasteiger partial charge in [0.05, 0.1) is 7.11 Å². The number of carboxylic acids is 1. The molecule has 104 valence electrons. The van der Waals surface area contributed by atoms with Crippen molar-refractivity contribution in [1.82, 2.24) is 0 Å². The second-order valence-electron chi connectivity index (χ2n) is 4.42. The average molecular weight is 272 g/mol. The van der Waals surface area contributed by atoms with Crippen molar-refractivity contribution in [2.45, 2.75) is 13.3 Å². The highest BCUT2D eigenvalue weighted by Gasteiger charge is 2.11. The molecule has 0 fully saturated rings. The lowest BCUT2D eigenvalue weighted by atomic mass is 9.99. The molecule has 0 saturated carbocycles. The number of phenolic OH excluding ortho intramolecular Hbond substituents is 1. The lowest BCUT2D eigenvalue weighted by molar-refractivity contribution is -0.131. The van der Waals surface area contributed by atoms with Gasteiger partial charge < -0.3 is 14.9 Å². The second kappa shape index (κ2) is 5.65. The number of rotatable bonds is 4. The number of carboxylic acid groups (broad SMARTS) is 1. The minimum Gasteiger partial charge on any atom is -0.504 e. The number of aliphatic carboxylic acids is 1. The summed E-state index contributed by atoms with van der Waals surface area (Å²) in [7, 11) is 1.47. The van der Waals surface area contributed by atoms with E-state index in [1.165, 1.54) is 13.2 Å². The molecule has 0 heterocycles. The Labute approximate surface area is 116 Å². The van der Waals surface area contributed by atoms with E-state index in [2.05, 4.69) is 0 Å². The van der Waals surface area contributed by atoms with E-state index in [9.17, 15) is 9.90 Å². The Hall–Kier alpha value is -2.49. The van der Waals surface area contributed by atoms with E-state index in [1.54, 1.807) is 6.07 Å². The molecule has 2 aromatic carbocycles. The summed E-state index contributed by atoms with van der Waals surface area (Å²) in [5.41, 5.74) is 1.79. The van der Waals surface area contributed by atoms with Crippen molar-refractivity contribution in [2.24, 2.45) is 0 Å². The van der Waals surface area contributed by atoms with Gasteiger partial charge in [0.2, 0.25) is 0 Å². The van der Waals surface area contributed by atoms with Gasteiger partial charge >= 0.3 is 5.97 Å². The molecule has 0 aliphatic heterocycles. The number of methoxy groups -OCH3 is 1. The highest BCUT2D eigenvalue weighted by molar-refractivity contribution is 5.99. The second-order valence-corrected chi connectivity index (χ2v) is 4.42. The Kier molecular flexibility index (Phi) is 3.94. The maximum absolute atomic E-state index is 10.7. The summed E-state index contributed by atoms with van der Waals surface area (Å²) in [6, 6.07) is 7.37. The van der Waals surface area contributed by atoms with Gasteiger partial charge in [-0.15, -0.1) is 0 Å². The van der Waals surface area contributed by atoms with Crippen molar-refractivity contribution in [2.75, 3.05) is 7.11 Å². The molecule has 0 saturated heterocycles. The smallest absolute Gasteiger partial charge is 0.328 e. The van der Waals surface area contributed by atoms with E-state index in [1.807, 2.05) is 25.1 Å². The molecular weight excluding hydrogens is 256 g/mol. The molecule has 2 N–H and O–H groups in total. The summed E-state index contributed by atoms with van der Waals surface area (Å²) in [5, 5.41) is 20.4. The summed E-state index contributed by atoms with van der Waals surface area (Å²) < 4.78 is 5.14. The molecule has 0 spiro atoms. The normalized spacial score (nSPS) is 11.1. The minimum atomic E-state index is -1.02. The van der Waals surface area contributed by atoms with Gasteiger partial charge in [-0.2, -0.15) is 0 Å². The first-order valence-corrected chi connectivity index (χ1v) is 6.30. The van der Waals surface area contributed by atoms with Crippen LogP contribution >= 0.6 is 0 Å². The van der Waals surface area contributed by atoms with Gasteiger partial charge in [-0.05, 0) is 41.1 Å². The standard InChI is InChI=1S/C16H16O4/c1-3-10-4-6-12-11(5-7-15(17)18)9-14(20-2)16(19)13(12)8-10/h4-9,19H,3H2,1-2H3,(H,17,18)/b7-5+. The lowest BCUT2D eigenvalue weighted by Gasteiger charge is -2.11. The first-order chi connectivity index (χ1) is 9.56. The molecule has 2 rings (SSSR count). The number of carbonyl (C=O) groups is 1. The van der Waals surface area contributed by atoms with Gasteiger partial charge in [0.25, 0.3) is 0 Å². The largest absolute Gasteiger partial charge is 0.504 e. The van der Waals surface area contributed by atoms with Crippen LogP contribution in [-0.4, -0.2) is 23.3 Å². The third-order valence-corrected chi connectivity index (χ3v) is 3.20. The zero-order valence-electron chi connectivity index (χ0n) is 11.4. The summed E-state index contributed by atoms with van der Waals surface area (Å²) >= 11 is 0. The average Bonchev–Trinajstić information content (AvgIpc) is 2.46. The van der Waals surface area contributed by atoms with Gasteiger partial charge in [0, 0.05) is 11.5 Å². The van der Waals surface area contributed by atoms with Crippen LogP contribution in [0.2, 0.25) is 0 Å². The van der Waals surface area contributed by atoms with Gasteiger partial charge in [-0.1, -0.05) is 19.1 Å². The van der Waals surface area contributed by atoms with Crippen molar-refractivity contribution >= 4 is 22.8 Å². The fourth-order valence-corrected chi connectivity index (χ4v) is 2.13. The highest BCUT2D eigenvalue weighted by atomic mass is 16.5. The van der Waals surface area contributed by atoms with E-state index in [4.69, 9.17) is 9.84 Å². The molecule has 0 unspecified atom stereocenters. The minimum absolute atomic E-state index is 0.0743. The lowest BCUT2D eigenvalue weighted by Crippen LogP contribution is -1.91. The topological polar surface area (TPSA) is 66.8 Å². The number of hydrogen-bond donors (Lipinski definition) is 2. The zero-order valence-corrected chi connectivity index (χ0v) is 11.4. The monoisotopic (exact) mass is 272 g/mol. The predicted molar refractivity (Wildman–Crippen MR) is 78.2 cm³/mol. The Morgan fingerprint density at radius 1 is 1.30 bits per heavy atom. The molecule has 0 aromatic heterocycles. The van der Waals surface area contributed by atoms with Gasteiger partial charge in [-0.25, -0.2) is 4.79 Å².